The van der Waals surface area contributed by atoms with E-state index in [0.717, 1.165) is 12.8 Å². The van der Waals surface area contributed by atoms with Gasteiger partial charge in [0.1, 0.15) is 7.41 Å². The number of aliphatic hydroxyl groups excluding tert-OH is 1. The van der Waals surface area contributed by atoms with Crippen LogP contribution in [0.1, 0.15) is 39.0 Å². The van der Waals surface area contributed by atoms with Gasteiger partial charge in [0, 0.05) is 14.1 Å². The van der Waals surface area contributed by atoms with E-state index in [-0.39, 0.29) is 6.10 Å². The second-order valence-electron chi connectivity index (χ2n) is 4.72. The molecule has 0 aliphatic heterocycles. The average Bonchev–Trinajstić information content (AvgIpc) is 2.11. The molecule has 0 rings (SSSR count). The highest BCUT2D eigenvalue weighted by Gasteiger charge is 2.11. The first kappa shape index (κ1) is 14.5. The molecule has 0 aliphatic rings. The molecule has 1 atom stereocenters. The fraction of sp³-hybridized carbons (Fsp3) is 0.909. The Morgan fingerprint density at radius 1 is 1.33 bits per heavy atom. The number of rotatable bonds is 8. The zero-order chi connectivity index (χ0) is 11.7. The Balaban J connectivity index is 3.64. The molecule has 1 unspecified atom stereocenters. The van der Waals surface area contributed by atoms with Crippen molar-refractivity contribution in [1.29, 1.82) is 5.26 Å². The van der Waals surface area contributed by atoms with Crippen LogP contribution >= 0.6 is 0 Å². The van der Waals surface area contributed by atoms with Gasteiger partial charge in [-0.1, -0.05) is 32.6 Å². The Labute approximate surface area is 94.6 Å². The quantitative estimate of drug-likeness (QED) is 0.487. The van der Waals surface area contributed by atoms with Crippen molar-refractivity contribution in [2.75, 3.05) is 20.6 Å². The van der Waals surface area contributed by atoms with E-state index in [1.165, 1.54) is 19.3 Å². The predicted molar refractivity (Wildman–Crippen MR) is 63.1 cm³/mol. The predicted octanol–water partition coefficient (Wildman–Crippen LogP) is 1.49. The smallest absolute Gasteiger partial charge is 0.126 e. The number of unbranched alkanes of at least 4 members (excludes halogenated alkanes) is 3. The van der Waals surface area contributed by atoms with Crippen LogP contribution in [0.3, 0.4) is 0 Å². The molecule has 0 fully saturated rings. The molecule has 86 valence electrons. The maximum Gasteiger partial charge on any atom is 0.126 e. The first-order chi connectivity index (χ1) is 7.02. The van der Waals surface area contributed by atoms with E-state index in [4.69, 9.17) is 5.26 Å². The molecule has 0 saturated heterocycles. The third-order valence-electron chi connectivity index (χ3n) is 2.48. The third kappa shape index (κ3) is 8.47. The van der Waals surface area contributed by atoms with Gasteiger partial charge < -0.3 is 9.50 Å². The maximum absolute atomic E-state index is 9.77. The summed E-state index contributed by atoms with van der Waals surface area (Å²) in [6.07, 6.45) is 5.31. The van der Waals surface area contributed by atoms with E-state index in [0.29, 0.717) is 10.9 Å². The molecule has 15 heavy (non-hydrogen) atoms. The highest BCUT2D eigenvalue weighted by molar-refractivity contribution is 6.36. The Morgan fingerprint density at radius 3 is 2.53 bits per heavy atom. The zero-order valence-electron chi connectivity index (χ0n) is 10.2. The number of aliphatic hydroxyl groups is 1. The Bertz CT molecular complexity index is 201. The van der Waals surface area contributed by atoms with Crippen LogP contribution < -0.4 is 0 Å². The monoisotopic (exact) mass is 210 g/mol. The molecule has 0 bridgehead atoms. The van der Waals surface area contributed by atoms with Crippen LogP contribution in [0.5, 0.6) is 0 Å². The van der Waals surface area contributed by atoms with Crippen molar-refractivity contribution >= 4 is 7.41 Å². The zero-order valence-corrected chi connectivity index (χ0v) is 10.2. The van der Waals surface area contributed by atoms with Crippen molar-refractivity contribution < 1.29 is 9.50 Å². The van der Waals surface area contributed by atoms with Crippen molar-refractivity contribution in [3.63, 3.8) is 0 Å². The Morgan fingerprint density at radius 2 is 2.00 bits per heavy atom. The molecule has 0 aliphatic carbocycles. The number of quaternary nitrogens is 1. The van der Waals surface area contributed by atoms with Crippen molar-refractivity contribution in [2.45, 2.75) is 45.1 Å². The van der Waals surface area contributed by atoms with Gasteiger partial charge in [-0.2, -0.15) is 0 Å². The lowest BCUT2D eigenvalue weighted by molar-refractivity contribution is -0.781. The van der Waals surface area contributed by atoms with E-state index in [9.17, 15) is 5.11 Å². The number of nitrogens with zero attached hydrogens (tertiary/aromatic N) is 2. The lowest BCUT2D eigenvalue weighted by Crippen LogP contribution is -2.47. The van der Waals surface area contributed by atoms with Crippen LogP contribution in [0, 0.1) is 11.2 Å². The van der Waals surface area contributed by atoms with Gasteiger partial charge in [0.25, 0.3) is 0 Å². The summed E-state index contributed by atoms with van der Waals surface area (Å²) < 4.78 is 0.464. The maximum atomic E-state index is 9.77. The molecular formula is C11H23BN2O. The number of likely N-dealkylation sites (N-methyl/N-ethyl adjacent to an activating group) is 1. The largest absolute Gasteiger partial charge is 0.550 e. The topological polar surface area (TPSA) is 44.0 Å². The molecular weight excluding hydrogens is 187 g/mol. The fourth-order valence-corrected chi connectivity index (χ4v) is 1.65. The van der Waals surface area contributed by atoms with Crippen molar-refractivity contribution in [3.05, 3.63) is 0 Å². The van der Waals surface area contributed by atoms with E-state index >= 15 is 0 Å². The molecule has 0 amide bonds. The average molecular weight is 210 g/mol. The van der Waals surface area contributed by atoms with Gasteiger partial charge in [-0.05, 0) is 6.42 Å². The van der Waals surface area contributed by atoms with Crippen molar-refractivity contribution in [1.82, 2.24) is 0 Å². The molecule has 2 radical (unpaired) electrons. The van der Waals surface area contributed by atoms with E-state index in [1.54, 1.807) is 7.41 Å². The summed E-state index contributed by atoms with van der Waals surface area (Å²) in [6, 6.07) is 0. The van der Waals surface area contributed by atoms with Gasteiger partial charge in [0.05, 0.1) is 12.6 Å². The molecule has 0 saturated carbocycles. The number of hydrogen-bond acceptors (Lipinski definition) is 2. The van der Waals surface area contributed by atoms with Gasteiger partial charge >= 0.3 is 0 Å². The second-order valence-corrected chi connectivity index (χ2v) is 4.72. The minimum atomic E-state index is -0.290. The third-order valence-corrected chi connectivity index (χ3v) is 2.48. The van der Waals surface area contributed by atoms with Crippen LogP contribution in [0.25, 0.3) is 0 Å². The standard InChI is InChI=1S/C11H23BN2O/c1-4-5-6-7-8-11(15)9-14(2,3)12-10-13/h11,15H,4-9H2,1-3H3. The van der Waals surface area contributed by atoms with E-state index in [2.05, 4.69) is 6.92 Å². The lowest BCUT2D eigenvalue weighted by atomic mass is 9.90. The van der Waals surface area contributed by atoms with Gasteiger partial charge in [-0.25, -0.2) is 5.26 Å². The summed E-state index contributed by atoms with van der Waals surface area (Å²) in [7, 11) is 5.41. The molecule has 0 spiro atoms. The van der Waals surface area contributed by atoms with Gasteiger partial charge in [0.15, 0.2) is 0 Å². The first-order valence-corrected chi connectivity index (χ1v) is 5.76. The number of hydrogen-bond donors (Lipinski definition) is 1. The molecule has 0 aromatic rings. The van der Waals surface area contributed by atoms with Crippen LogP contribution in [0.15, 0.2) is 0 Å². The summed E-state index contributed by atoms with van der Waals surface area (Å²) in [4.78, 5) is 0. The highest BCUT2D eigenvalue weighted by atomic mass is 16.3. The molecule has 4 heteroatoms. The minimum absolute atomic E-state index is 0.290. The fourth-order valence-electron chi connectivity index (χ4n) is 1.65. The second kappa shape index (κ2) is 7.73. The molecule has 0 heterocycles. The summed E-state index contributed by atoms with van der Waals surface area (Å²) in [5, 5.41) is 18.3. The lowest BCUT2D eigenvalue weighted by Gasteiger charge is -2.41. The van der Waals surface area contributed by atoms with Crippen LogP contribution in [-0.2, 0) is 0 Å². The SMILES string of the molecule is CCCCCCC(O)C[N+](C)(C)[B-]C#N. The van der Waals surface area contributed by atoms with Gasteiger partial charge in [-0.15, -0.1) is 5.97 Å². The van der Waals surface area contributed by atoms with Crippen molar-refractivity contribution in [3.8, 4) is 5.97 Å². The molecule has 0 aromatic heterocycles. The minimum Gasteiger partial charge on any atom is -0.550 e. The number of nitriles is 1. The van der Waals surface area contributed by atoms with Crippen LogP contribution in [0.2, 0.25) is 0 Å². The van der Waals surface area contributed by atoms with E-state index < -0.39 is 0 Å². The Hall–Kier alpha value is -0.525. The molecule has 1 N–H and O–H groups in total. The van der Waals surface area contributed by atoms with Crippen LogP contribution in [-0.4, -0.2) is 43.7 Å². The summed E-state index contributed by atoms with van der Waals surface area (Å²) >= 11 is 0. The summed E-state index contributed by atoms with van der Waals surface area (Å²) in [5.74, 6) is 2.03. The van der Waals surface area contributed by atoms with Crippen LogP contribution in [0.4, 0.5) is 0 Å². The summed E-state index contributed by atoms with van der Waals surface area (Å²) in [5.41, 5.74) is 0. The molecule has 3 nitrogen and oxygen atoms in total. The Kier molecular flexibility index (Phi) is 7.46. The van der Waals surface area contributed by atoms with Crippen molar-refractivity contribution in [2.24, 2.45) is 0 Å². The summed E-state index contributed by atoms with van der Waals surface area (Å²) in [6.45, 7) is 2.80. The van der Waals surface area contributed by atoms with Gasteiger partial charge in [-0.3, -0.25) is 0 Å². The first-order valence-electron chi connectivity index (χ1n) is 5.76. The molecule has 0 aromatic carbocycles. The van der Waals surface area contributed by atoms with Gasteiger partial charge in [0.2, 0.25) is 0 Å². The highest BCUT2D eigenvalue weighted by Crippen LogP contribution is 2.08. The normalized spacial score (nSPS) is 13.5. The van der Waals surface area contributed by atoms with E-state index in [1.807, 2.05) is 20.1 Å².